The molecule has 6 heteroatoms. The van der Waals surface area contributed by atoms with Crippen molar-refractivity contribution in [3.63, 3.8) is 0 Å². The van der Waals surface area contributed by atoms with Crippen LogP contribution in [-0.4, -0.2) is 59.4 Å². The number of amides is 1. The number of likely N-dealkylation sites (tertiary alicyclic amines) is 1. The smallest absolute Gasteiger partial charge is 0.251 e. The highest BCUT2D eigenvalue weighted by Gasteiger charge is 2.43. The Kier molecular flexibility index (Phi) is 4.63. The summed E-state index contributed by atoms with van der Waals surface area (Å²) < 4.78 is 6.20. The van der Waals surface area contributed by atoms with Crippen LogP contribution in [0.25, 0.3) is 0 Å². The standard InChI is InChI=1S/C19H28N4O2/c1-13-5-8-22(9-6-13)19(24)16-11-15-7-10-23(12-17(15)25-16)18-4-3-14(2)20-21-18/h3-4,13,15-17H,5-12H2,1-2H3/t15-,16-,17-/m0/s1. The van der Waals surface area contributed by atoms with Crippen LogP contribution < -0.4 is 4.90 Å². The summed E-state index contributed by atoms with van der Waals surface area (Å²) in [6, 6.07) is 4.02. The number of carbonyl (C=O) groups is 1. The maximum atomic E-state index is 12.8. The molecule has 0 N–H and O–H groups in total. The van der Waals surface area contributed by atoms with E-state index in [1.165, 1.54) is 0 Å². The maximum absolute atomic E-state index is 12.8. The lowest BCUT2D eigenvalue weighted by Crippen LogP contribution is -2.44. The van der Waals surface area contributed by atoms with Crippen molar-refractivity contribution in [2.24, 2.45) is 11.8 Å². The summed E-state index contributed by atoms with van der Waals surface area (Å²) in [6.07, 6.45) is 4.06. The fourth-order valence-corrected chi connectivity index (χ4v) is 4.29. The monoisotopic (exact) mass is 344 g/mol. The van der Waals surface area contributed by atoms with Gasteiger partial charge in [-0.25, -0.2) is 0 Å². The summed E-state index contributed by atoms with van der Waals surface area (Å²) >= 11 is 0. The van der Waals surface area contributed by atoms with Gasteiger partial charge in [0.05, 0.1) is 11.8 Å². The van der Waals surface area contributed by atoms with Gasteiger partial charge in [0, 0.05) is 26.2 Å². The van der Waals surface area contributed by atoms with Crippen LogP contribution in [-0.2, 0) is 9.53 Å². The molecule has 0 spiro atoms. The van der Waals surface area contributed by atoms with Gasteiger partial charge in [-0.3, -0.25) is 4.79 Å². The van der Waals surface area contributed by atoms with E-state index in [1.807, 2.05) is 24.0 Å². The molecule has 0 bridgehead atoms. The first-order chi connectivity index (χ1) is 12.1. The molecule has 136 valence electrons. The largest absolute Gasteiger partial charge is 0.363 e. The van der Waals surface area contributed by atoms with Crippen LogP contribution in [0.15, 0.2) is 12.1 Å². The quantitative estimate of drug-likeness (QED) is 0.822. The third kappa shape index (κ3) is 3.50. The second-order valence-electron chi connectivity index (χ2n) is 7.93. The van der Waals surface area contributed by atoms with Gasteiger partial charge < -0.3 is 14.5 Å². The molecule has 25 heavy (non-hydrogen) atoms. The lowest BCUT2D eigenvalue weighted by molar-refractivity contribution is -0.144. The summed E-state index contributed by atoms with van der Waals surface area (Å²) in [5, 5.41) is 8.45. The van der Waals surface area contributed by atoms with Crippen molar-refractivity contribution in [2.75, 3.05) is 31.1 Å². The summed E-state index contributed by atoms with van der Waals surface area (Å²) in [4.78, 5) is 17.1. The van der Waals surface area contributed by atoms with Crippen LogP contribution in [0.4, 0.5) is 5.82 Å². The van der Waals surface area contributed by atoms with Gasteiger partial charge in [0.15, 0.2) is 5.82 Å². The van der Waals surface area contributed by atoms with Gasteiger partial charge in [0.1, 0.15) is 6.10 Å². The van der Waals surface area contributed by atoms with Gasteiger partial charge >= 0.3 is 0 Å². The number of ether oxygens (including phenoxy) is 1. The number of rotatable bonds is 2. The molecule has 4 heterocycles. The molecule has 3 aliphatic heterocycles. The van der Waals surface area contributed by atoms with Crippen molar-refractivity contribution >= 4 is 11.7 Å². The van der Waals surface area contributed by atoms with Gasteiger partial charge in [0.25, 0.3) is 5.91 Å². The number of fused-ring (bicyclic) bond motifs is 1. The second-order valence-corrected chi connectivity index (χ2v) is 7.93. The zero-order valence-electron chi connectivity index (χ0n) is 15.2. The van der Waals surface area contributed by atoms with E-state index in [2.05, 4.69) is 22.0 Å². The van der Waals surface area contributed by atoms with Gasteiger partial charge in [-0.15, -0.1) is 5.10 Å². The number of hydrogen-bond acceptors (Lipinski definition) is 5. The van der Waals surface area contributed by atoms with E-state index in [4.69, 9.17) is 4.74 Å². The molecule has 1 aromatic rings. The number of anilines is 1. The lowest BCUT2D eigenvalue weighted by atomic mass is 9.91. The van der Waals surface area contributed by atoms with Crippen LogP contribution in [0.2, 0.25) is 0 Å². The van der Waals surface area contributed by atoms with Crippen molar-refractivity contribution in [1.82, 2.24) is 15.1 Å². The summed E-state index contributed by atoms with van der Waals surface area (Å²) in [6.45, 7) is 7.76. The Balaban J connectivity index is 1.36. The molecular weight excluding hydrogens is 316 g/mol. The van der Waals surface area contributed by atoms with Crippen molar-refractivity contribution in [2.45, 2.75) is 51.7 Å². The fourth-order valence-electron chi connectivity index (χ4n) is 4.29. The van der Waals surface area contributed by atoms with E-state index >= 15 is 0 Å². The number of piperidine rings is 2. The second kappa shape index (κ2) is 6.90. The molecular formula is C19H28N4O2. The van der Waals surface area contributed by atoms with Gasteiger partial charge in [-0.1, -0.05) is 6.92 Å². The van der Waals surface area contributed by atoms with Crippen molar-refractivity contribution in [3.05, 3.63) is 17.8 Å². The Morgan fingerprint density at radius 1 is 1.16 bits per heavy atom. The molecule has 4 rings (SSSR count). The number of nitrogens with zero attached hydrogens (tertiary/aromatic N) is 4. The van der Waals surface area contributed by atoms with Crippen LogP contribution in [0.5, 0.6) is 0 Å². The van der Waals surface area contributed by atoms with Crippen LogP contribution in [0, 0.1) is 18.8 Å². The number of aromatic nitrogens is 2. The van der Waals surface area contributed by atoms with Crippen molar-refractivity contribution < 1.29 is 9.53 Å². The van der Waals surface area contributed by atoms with Crippen molar-refractivity contribution in [3.8, 4) is 0 Å². The van der Waals surface area contributed by atoms with E-state index in [0.29, 0.717) is 5.92 Å². The molecule has 6 nitrogen and oxygen atoms in total. The molecule has 3 atom stereocenters. The van der Waals surface area contributed by atoms with Gasteiger partial charge in [-0.2, -0.15) is 5.10 Å². The summed E-state index contributed by atoms with van der Waals surface area (Å²) in [7, 11) is 0. The average molecular weight is 344 g/mol. The fraction of sp³-hybridized carbons (Fsp3) is 0.737. The Labute approximate surface area is 149 Å². The molecule has 1 amide bonds. The van der Waals surface area contributed by atoms with Gasteiger partial charge in [0.2, 0.25) is 0 Å². The zero-order chi connectivity index (χ0) is 17.4. The normalized spacial score (nSPS) is 30.4. The first kappa shape index (κ1) is 16.8. The molecule has 0 radical (unpaired) electrons. The molecule has 3 saturated heterocycles. The van der Waals surface area contributed by atoms with E-state index in [-0.39, 0.29) is 18.1 Å². The maximum Gasteiger partial charge on any atom is 0.251 e. The number of hydrogen-bond donors (Lipinski definition) is 0. The predicted molar refractivity (Wildman–Crippen MR) is 95.3 cm³/mol. The van der Waals surface area contributed by atoms with E-state index in [0.717, 1.165) is 69.3 Å². The van der Waals surface area contributed by atoms with Crippen LogP contribution >= 0.6 is 0 Å². The Morgan fingerprint density at radius 3 is 2.68 bits per heavy atom. The highest BCUT2D eigenvalue weighted by Crippen LogP contribution is 2.35. The number of aryl methyl sites for hydroxylation is 1. The highest BCUT2D eigenvalue weighted by atomic mass is 16.5. The minimum atomic E-state index is -0.243. The summed E-state index contributed by atoms with van der Waals surface area (Å²) in [5.41, 5.74) is 0.928. The predicted octanol–water partition coefficient (Wildman–Crippen LogP) is 2.03. The SMILES string of the molecule is Cc1ccc(N2CC[C@H]3C[C@@H](C(=O)N4CCC(C)CC4)O[C@H]3C2)nn1. The van der Waals surface area contributed by atoms with Crippen LogP contribution in [0.3, 0.4) is 0 Å². The molecule has 0 aliphatic carbocycles. The van der Waals surface area contributed by atoms with E-state index < -0.39 is 0 Å². The third-order valence-electron chi connectivity index (χ3n) is 6.03. The molecule has 3 aliphatic rings. The van der Waals surface area contributed by atoms with E-state index in [9.17, 15) is 4.79 Å². The summed E-state index contributed by atoms with van der Waals surface area (Å²) in [5.74, 6) is 2.35. The van der Waals surface area contributed by atoms with Crippen molar-refractivity contribution in [1.29, 1.82) is 0 Å². The Morgan fingerprint density at radius 2 is 1.96 bits per heavy atom. The molecule has 1 aromatic heterocycles. The molecule has 0 saturated carbocycles. The topological polar surface area (TPSA) is 58.6 Å². The highest BCUT2D eigenvalue weighted by molar-refractivity contribution is 5.81. The van der Waals surface area contributed by atoms with Gasteiger partial charge in [-0.05, 0) is 56.6 Å². The minimum absolute atomic E-state index is 0.134. The zero-order valence-corrected chi connectivity index (χ0v) is 15.2. The molecule has 0 aromatic carbocycles. The van der Waals surface area contributed by atoms with E-state index in [1.54, 1.807) is 0 Å². The first-order valence-electron chi connectivity index (χ1n) is 9.59. The molecule has 3 fully saturated rings. The average Bonchev–Trinajstić information content (AvgIpc) is 3.05. The Bertz CT molecular complexity index is 612. The lowest BCUT2D eigenvalue weighted by Gasteiger charge is -2.34. The minimum Gasteiger partial charge on any atom is -0.363 e. The van der Waals surface area contributed by atoms with Crippen LogP contribution in [0.1, 0.15) is 38.3 Å². The Hall–Kier alpha value is -1.69. The number of carbonyl (C=O) groups excluding carboxylic acids is 1. The third-order valence-corrected chi connectivity index (χ3v) is 6.03. The first-order valence-corrected chi connectivity index (χ1v) is 9.59. The molecule has 0 unspecified atom stereocenters.